The van der Waals surface area contributed by atoms with Crippen LogP contribution in [0.3, 0.4) is 0 Å². The van der Waals surface area contributed by atoms with E-state index in [1.165, 1.54) is 6.42 Å². The van der Waals surface area contributed by atoms with Gasteiger partial charge in [0.1, 0.15) is 0 Å². The van der Waals surface area contributed by atoms with Crippen LogP contribution in [0.1, 0.15) is 39.5 Å². The number of rotatable bonds is 4. The second-order valence-corrected chi connectivity index (χ2v) is 6.47. The Kier molecular flexibility index (Phi) is 6.36. The summed E-state index contributed by atoms with van der Waals surface area (Å²) in [6.45, 7) is 5.96. The lowest BCUT2D eigenvalue weighted by Gasteiger charge is -2.28. The second kappa shape index (κ2) is 8.27. The minimum atomic E-state index is -0.00540. The minimum absolute atomic E-state index is 0.00540. The molecule has 1 saturated heterocycles. The average molecular weight is 307 g/mol. The Hall–Kier alpha value is -1.43. The van der Waals surface area contributed by atoms with Crippen molar-refractivity contribution in [1.82, 2.24) is 15.6 Å². The van der Waals surface area contributed by atoms with Gasteiger partial charge in [-0.15, -0.1) is 0 Å². The summed E-state index contributed by atoms with van der Waals surface area (Å²) in [5.41, 5.74) is 0. The van der Waals surface area contributed by atoms with Gasteiger partial charge in [0.15, 0.2) is 0 Å². The molecule has 0 saturated carbocycles. The van der Waals surface area contributed by atoms with E-state index in [0.29, 0.717) is 18.4 Å². The van der Waals surface area contributed by atoms with Crippen molar-refractivity contribution in [1.29, 1.82) is 0 Å². The third-order valence-electron chi connectivity index (χ3n) is 4.68. The number of nitrogens with one attached hydrogen (secondary N) is 2. The molecule has 2 heterocycles. The zero-order valence-electron chi connectivity index (χ0n) is 14.0. The summed E-state index contributed by atoms with van der Waals surface area (Å²) in [7, 11) is 1.89. The van der Waals surface area contributed by atoms with Gasteiger partial charge in [-0.3, -0.25) is 9.80 Å². The highest BCUT2D eigenvalue weighted by atomic mass is 16.2. The molecule has 1 amide bonds. The summed E-state index contributed by atoms with van der Waals surface area (Å²) in [4.78, 5) is 12.1. The molecule has 0 aromatic heterocycles. The second-order valence-electron chi connectivity index (χ2n) is 6.47. The lowest BCUT2D eigenvalue weighted by molar-refractivity contribution is -0.123. The molecule has 0 radical (unpaired) electrons. The number of amides is 1. The lowest BCUT2D eigenvalue weighted by Crippen LogP contribution is -2.47. The molecule has 0 bridgehead atoms. The molecule has 0 aromatic rings. The van der Waals surface area contributed by atoms with Gasteiger partial charge in [-0.25, -0.2) is 0 Å². The molecule has 6 heteroatoms. The highest BCUT2D eigenvalue weighted by molar-refractivity contribution is 5.81. The standard InChI is InChI=1S/C16H29N5O/c1-12-8-11-21(3)20-19-13(2)14(12)7-10-18-16(22)15-6-4-5-9-17-15/h8,11-15,17H,4-7,9-10H2,1-3H3,(H,18,22)/b11-8+,20-19?/t12?,13?,14-,15?/m1/s1. The molecule has 2 rings (SSSR count). The number of allylic oxidation sites excluding steroid dienone is 1. The Morgan fingerprint density at radius 2 is 2.23 bits per heavy atom. The van der Waals surface area contributed by atoms with E-state index in [0.717, 1.165) is 25.8 Å². The SMILES string of the molecule is CC1/C=C/N(C)N=NC(C)[C@@H]1CCNC(=O)C1CCCCN1. The molecule has 0 spiro atoms. The number of piperidine rings is 1. The quantitative estimate of drug-likeness (QED) is 0.835. The summed E-state index contributed by atoms with van der Waals surface area (Å²) in [5.74, 6) is 0.956. The molecule has 22 heavy (non-hydrogen) atoms. The van der Waals surface area contributed by atoms with Crippen molar-refractivity contribution < 1.29 is 4.79 Å². The molecule has 2 N–H and O–H groups in total. The number of carbonyl (C=O) groups is 1. The Bertz CT molecular complexity index is 397. The van der Waals surface area contributed by atoms with E-state index in [2.05, 4.69) is 40.9 Å². The van der Waals surface area contributed by atoms with Crippen molar-refractivity contribution in [2.45, 2.75) is 51.6 Å². The third kappa shape index (κ3) is 4.80. The van der Waals surface area contributed by atoms with E-state index in [-0.39, 0.29) is 18.0 Å². The van der Waals surface area contributed by atoms with Crippen molar-refractivity contribution in [3.8, 4) is 0 Å². The summed E-state index contributed by atoms with van der Waals surface area (Å²) in [6, 6.07) is 0.154. The molecule has 124 valence electrons. The smallest absolute Gasteiger partial charge is 0.237 e. The van der Waals surface area contributed by atoms with Crippen LogP contribution < -0.4 is 10.6 Å². The number of hydrogen-bond donors (Lipinski definition) is 2. The molecule has 4 atom stereocenters. The first-order valence-corrected chi connectivity index (χ1v) is 8.41. The van der Waals surface area contributed by atoms with Crippen molar-refractivity contribution in [3.05, 3.63) is 12.3 Å². The number of hydrogen-bond acceptors (Lipinski definition) is 5. The van der Waals surface area contributed by atoms with Gasteiger partial charge in [0.25, 0.3) is 0 Å². The van der Waals surface area contributed by atoms with Gasteiger partial charge in [-0.2, -0.15) is 5.11 Å². The van der Waals surface area contributed by atoms with Crippen LogP contribution in [0.5, 0.6) is 0 Å². The van der Waals surface area contributed by atoms with Crippen LogP contribution >= 0.6 is 0 Å². The van der Waals surface area contributed by atoms with Gasteiger partial charge < -0.3 is 10.6 Å². The first kappa shape index (κ1) is 16.9. The van der Waals surface area contributed by atoms with E-state index in [1.807, 2.05) is 13.2 Å². The fourth-order valence-electron chi connectivity index (χ4n) is 3.19. The Morgan fingerprint density at radius 1 is 1.41 bits per heavy atom. The average Bonchev–Trinajstić information content (AvgIpc) is 2.54. The van der Waals surface area contributed by atoms with Crippen molar-refractivity contribution in [2.75, 3.05) is 20.1 Å². The van der Waals surface area contributed by atoms with E-state index >= 15 is 0 Å². The highest BCUT2D eigenvalue weighted by Gasteiger charge is 2.25. The van der Waals surface area contributed by atoms with Gasteiger partial charge >= 0.3 is 0 Å². The highest BCUT2D eigenvalue weighted by Crippen LogP contribution is 2.25. The molecule has 2 aliphatic rings. The molecule has 2 aliphatic heterocycles. The zero-order valence-corrected chi connectivity index (χ0v) is 14.0. The number of carbonyl (C=O) groups excluding carboxylic acids is 1. The first-order valence-electron chi connectivity index (χ1n) is 8.41. The topological polar surface area (TPSA) is 69.1 Å². The van der Waals surface area contributed by atoms with Gasteiger partial charge in [0, 0.05) is 19.8 Å². The maximum atomic E-state index is 12.1. The summed E-state index contributed by atoms with van der Waals surface area (Å²) in [5, 5.41) is 16.6. The van der Waals surface area contributed by atoms with E-state index in [4.69, 9.17) is 0 Å². The van der Waals surface area contributed by atoms with Crippen LogP contribution in [0.2, 0.25) is 0 Å². The fourth-order valence-corrected chi connectivity index (χ4v) is 3.19. The Morgan fingerprint density at radius 3 is 2.95 bits per heavy atom. The molecule has 0 aromatic carbocycles. The molecular formula is C16H29N5O. The van der Waals surface area contributed by atoms with Crippen LogP contribution in [-0.4, -0.2) is 43.1 Å². The van der Waals surface area contributed by atoms with Gasteiger partial charge in [0.05, 0.1) is 12.1 Å². The van der Waals surface area contributed by atoms with Crippen LogP contribution in [0.4, 0.5) is 0 Å². The molecule has 0 aliphatic carbocycles. The first-order chi connectivity index (χ1) is 10.6. The van der Waals surface area contributed by atoms with E-state index < -0.39 is 0 Å². The summed E-state index contributed by atoms with van der Waals surface area (Å²) < 4.78 is 0. The number of nitrogens with zero attached hydrogens (tertiary/aromatic N) is 3. The van der Waals surface area contributed by atoms with Crippen LogP contribution in [0, 0.1) is 11.8 Å². The Labute approximate surface area is 133 Å². The van der Waals surface area contributed by atoms with Gasteiger partial charge in [-0.1, -0.05) is 24.6 Å². The maximum absolute atomic E-state index is 12.1. The molecule has 1 fully saturated rings. The summed E-state index contributed by atoms with van der Waals surface area (Å²) in [6.07, 6.45) is 8.31. The molecule has 3 unspecified atom stereocenters. The van der Waals surface area contributed by atoms with Crippen molar-refractivity contribution in [3.63, 3.8) is 0 Å². The fraction of sp³-hybridized carbons (Fsp3) is 0.812. The molecular weight excluding hydrogens is 278 g/mol. The largest absolute Gasteiger partial charge is 0.355 e. The summed E-state index contributed by atoms with van der Waals surface area (Å²) >= 11 is 0. The maximum Gasteiger partial charge on any atom is 0.237 e. The van der Waals surface area contributed by atoms with Gasteiger partial charge in [-0.05, 0) is 44.6 Å². The van der Waals surface area contributed by atoms with Crippen LogP contribution in [0.25, 0.3) is 0 Å². The van der Waals surface area contributed by atoms with Gasteiger partial charge in [0.2, 0.25) is 5.91 Å². The van der Waals surface area contributed by atoms with E-state index in [9.17, 15) is 4.79 Å². The third-order valence-corrected chi connectivity index (χ3v) is 4.68. The van der Waals surface area contributed by atoms with Crippen LogP contribution in [0.15, 0.2) is 22.6 Å². The van der Waals surface area contributed by atoms with E-state index in [1.54, 1.807) is 5.01 Å². The van der Waals surface area contributed by atoms with Crippen molar-refractivity contribution in [2.24, 2.45) is 22.2 Å². The minimum Gasteiger partial charge on any atom is -0.355 e. The predicted molar refractivity (Wildman–Crippen MR) is 87.1 cm³/mol. The van der Waals surface area contributed by atoms with Crippen LogP contribution in [-0.2, 0) is 4.79 Å². The lowest BCUT2D eigenvalue weighted by atomic mass is 9.85. The zero-order chi connectivity index (χ0) is 15.9. The normalized spacial score (nSPS) is 33.9. The predicted octanol–water partition coefficient (Wildman–Crippen LogP) is 2.10. The van der Waals surface area contributed by atoms with Crippen molar-refractivity contribution >= 4 is 5.91 Å². The monoisotopic (exact) mass is 307 g/mol. The Balaban J connectivity index is 1.80. The molecule has 6 nitrogen and oxygen atoms in total.